The van der Waals surface area contributed by atoms with Crippen LogP contribution in [-0.4, -0.2) is 32.1 Å². The Balaban J connectivity index is 1.46. The summed E-state index contributed by atoms with van der Waals surface area (Å²) in [6, 6.07) is 17.6. The first-order valence-electron chi connectivity index (χ1n) is 9.30. The van der Waals surface area contributed by atoms with Gasteiger partial charge in [-0.15, -0.1) is 0 Å². The van der Waals surface area contributed by atoms with Gasteiger partial charge in [0.15, 0.2) is 5.69 Å². The lowest BCUT2D eigenvalue weighted by molar-refractivity contribution is 0.0728. The molecule has 0 unspecified atom stereocenters. The van der Waals surface area contributed by atoms with Crippen LogP contribution >= 0.6 is 11.6 Å². The minimum Gasteiger partial charge on any atom is -0.358 e. The van der Waals surface area contributed by atoms with Crippen molar-refractivity contribution in [3.05, 3.63) is 82.3 Å². The average Bonchev–Trinajstić information content (AvgIpc) is 3.28. The summed E-state index contributed by atoms with van der Waals surface area (Å²) in [4.78, 5) is 18.5. The molecule has 1 N–H and O–H groups in total. The van der Waals surface area contributed by atoms with Gasteiger partial charge in [-0.3, -0.25) is 4.79 Å². The first-order valence-corrected chi connectivity index (χ1v) is 9.68. The second-order valence-electron chi connectivity index (χ2n) is 7.17. The van der Waals surface area contributed by atoms with Crippen LogP contribution in [0.5, 0.6) is 0 Å². The Morgan fingerprint density at radius 2 is 1.96 bits per heavy atom. The molecule has 6 heteroatoms. The number of fused-ring (bicyclic) bond motifs is 3. The van der Waals surface area contributed by atoms with Crippen LogP contribution in [0.3, 0.4) is 0 Å². The quantitative estimate of drug-likeness (QED) is 0.547. The van der Waals surface area contributed by atoms with E-state index >= 15 is 0 Å². The maximum Gasteiger partial charge on any atom is 0.274 e. The molecule has 5 rings (SSSR count). The van der Waals surface area contributed by atoms with Crippen LogP contribution in [0.15, 0.2) is 54.6 Å². The number of para-hydroxylation sites is 1. The Bertz CT molecular complexity index is 1190. The van der Waals surface area contributed by atoms with Crippen LogP contribution in [0.4, 0.5) is 0 Å². The van der Waals surface area contributed by atoms with Gasteiger partial charge in [0.1, 0.15) is 0 Å². The summed E-state index contributed by atoms with van der Waals surface area (Å²) in [6.07, 6.45) is 0.797. The zero-order chi connectivity index (χ0) is 19.3. The molecular weight excluding hydrogens is 372 g/mol. The predicted molar refractivity (Wildman–Crippen MR) is 110 cm³/mol. The molecule has 1 aliphatic rings. The summed E-state index contributed by atoms with van der Waals surface area (Å²) >= 11 is 6.18. The molecule has 0 spiro atoms. The van der Waals surface area contributed by atoms with Gasteiger partial charge in [-0.1, -0.05) is 29.8 Å². The molecule has 1 aliphatic heterocycles. The van der Waals surface area contributed by atoms with E-state index in [1.54, 1.807) is 0 Å². The van der Waals surface area contributed by atoms with Crippen molar-refractivity contribution in [1.29, 1.82) is 0 Å². The molecule has 0 radical (unpaired) electrons. The lowest BCUT2D eigenvalue weighted by Crippen LogP contribution is -2.36. The van der Waals surface area contributed by atoms with Crippen LogP contribution in [0.2, 0.25) is 5.02 Å². The monoisotopic (exact) mass is 390 g/mol. The number of carbonyl (C=O) groups excluding carboxylic acids is 1. The normalized spacial score (nSPS) is 13.7. The van der Waals surface area contributed by atoms with Crippen molar-refractivity contribution >= 4 is 28.4 Å². The summed E-state index contributed by atoms with van der Waals surface area (Å²) in [5, 5.41) is 6.36. The van der Waals surface area contributed by atoms with E-state index in [-0.39, 0.29) is 5.91 Å². The molecule has 2 aromatic heterocycles. The van der Waals surface area contributed by atoms with Gasteiger partial charge in [0.25, 0.3) is 5.91 Å². The van der Waals surface area contributed by atoms with E-state index in [0.717, 1.165) is 34.3 Å². The Morgan fingerprint density at radius 3 is 2.79 bits per heavy atom. The van der Waals surface area contributed by atoms with Gasteiger partial charge in [-0.05, 0) is 43.3 Å². The Hall–Kier alpha value is -3.05. The lowest BCUT2D eigenvalue weighted by Gasteiger charge is -2.26. The van der Waals surface area contributed by atoms with E-state index in [2.05, 4.69) is 10.1 Å². The summed E-state index contributed by atoms with van der Waals surface area (Å²) in [7, 11) is 0. The maximum atomic E-state index is 13.1. The highest BCUT2D eigenvalue weighted by molar-refractivity contribution is 6.31. The van der Waals surface area contributed by atoms with Crippen molar-refractivity contribution in [3.63, 3.8) is 0 Å². The van der Waals surface area contributed by atoms with E-state index in [0.29, 0.717) is 23.8 Å². The minimum atomic E-state index is -0.0418. The number of H-pyrrole nitrogens is 1. The van der Waals surface area contributed by atoms with Gasteiger partial charge in [-0.25, -0.2) is 4.68 Å². The van der Waals surface area contributed by atoms with Crippen LogP contribution in [0, 0.1) is 6.92 Å². The van der Waals surface area contributed by atoms with Crippen LogP contribution in [0.1, 0.15) is 27.4 Å². The zero-order valence-corrected chi connectivity index (χ0v) is 16.2. The highest BCUT2D eigenvalue weighted by Gasteiger charge is 2.26. The van der Waals surface area contributed by atoms with Gasteiger partial charge in [0.05, 0.1) is 5.69 Å². The number of amides is 1. The summed E-state index contributed by atoms with van der Waals surface area (Å²) in [6.45, 7) is 3.20. The average molecular weight is 391 g/mol. The molecule has 28 heavy (non-hydrogen) atoms. The number of nitrogens with one attached hydrogen (secondary N) is 1. The molecule has 0 saturated carbocycles. The molecule has 1 amide bonds. The zero-order valence-electron chi connectivity index (χ0n) is 15.4. The highest BCUT2D eigenvalue weighted by Crippen LogP contribution is 2.30. The molecule has 3 heterocycles. The Morgan fingerprint density at radius 1 is 1.14 bits per heavy atom. The number of hydrogen-bond acceptors (Lipinski definition) is 2. The number of hydrogen-bond donors (Lipinski definition) is 1. The molecule has 0 atom stereocenters. The molecular formula is C22H19ClN4O. The van der Waals surface area contributed by atoms with Crippen LogP contribution < -0.4 is 0 Å². The second kappa shape index (κ2) is 6.53. The largest absolute Gasteiger partial charge is 0.358 e. The molecule has 2 aromatic carbocycles. The number of halogens is 1. The molecule has 140 valence electrons. The number of aryl methyl sites for hydroxylation is 1. The van der Waals surface area contributed by atoms with Crippen molar-refractivity contribution in [1.82, 2.24) is 19.7 Å². The van der Waals surface area contributed by atoms with Gasteiger partial charge in [0, 0.05) is 52.4 Å². The topological polar surface area (TPSA) is 53.9 Å². The second-order valence-corrected chi connectivity index (χ2v) is 7.60. The minimum absolute atomic E-state index is 0.0418. The third kappa shape index (κ3) is 2.79. The van der Waals surface area contributed by atoms with E-state index in [4.69, 9.17) is 11.6 Å². The molecule has 5 nitrogen and oxygen atoms in total. The Kier molecular flexibility index (Phi) is 3.98. The van der Waals surface area contributed by atoms with Crippen molar-refractivity contribution in [2.75, 3.05) is 6.54 Å². The van der Waals surface area contributed by atoms with Crippen molar-refractivity contribution < 1.29 is 4.79 Å². The number of nitrogens with zero attached hydrogens (tertiary/aromatic N) is 3. The van der Waals surface area contributed by atoms with Gasteiger partial charge in [-0.2, -0.15) is 5.10 Å². The molecule has 0 bridgehead atoms. The lowest BCUT2D eigenvalue weighted by atomic mass is 10.0. The number of rotatable bonds is 2. The molecule has 0 fully saturated rings. The number of aromatic amines is 1. The summed E-state index contributed by atoms with van der Waals surface area (Å²) in [5.41, 5.74) is 5.76. The summed E-state index contributed by atoms with van der Waals surface area (Å²) in [5.74, 6) is -0.0418. The van der Waals surface area contributed by atoms with Gasteiger partial charge < -0.3 is 9.88 Å². The van der Waals surface area contributed by atoms with Crippen molar-refractivity contribution in [2.45, 2.75) is 19.9 Å². The fraction of sp³-hybridized carbons (Fsp3) is 0.182. The van der Waals surface area contributed by atoms with Crippen LogP contribution in [0.25, 0.3) is 16.6 Å². The maximum absolute atomic E-state index is 13.1. The number of carbonyl (C=O) groups is 1. The number of aromatic nitrogens is 3. The molecule has 4 aromatic rings. The van der Waals surface area contributed by atoms with E-state index in [1.165, 1.54) is 5.69 Å². The predicted octanol–water partition coefficient (Wildman–Crippen LogP) is 4.51. The van der Waals surface area contributed by atoms with Gasteiger partial charge >= 0.3 is 0 Å². The highest BCUT2D eigenvalue weighted by atomic mass is 35.5. The summed E-state index contributed by atoms with van der Waals surface area (Å²) < 4.78 is 1.81. The first-order chi connectivity index (χ1) is 13.6. The fourth-order valence-electron chi connectivity index (χ4n) is 3.93. The van der Waals surface area contributed by atoms with Crippen LogP contribution in [-0.2, 0) is 13.0 Å². The van der Waals surface area contributed by atoms with E-state index in [1.807, 2.05) is 71.1 Å². The smallest absolute Gasteiger partial charge is 0.274 e. The van der Waals surface area contributed by atoms with E-state index in [9.17, 15) is 4.79 Å². The molecule has 0 aliphatic carbocycles. The van der Waals surface area contributed by atoms with E-state index < -0.39 is 0 Å². The standard InChI is InChI=1S/C22H19ClN4O/c1-14-11-21(25-27(14)16-5-3-2-4-6-16)22(28)26-10-9-20-18(13-26)17-12-15(23)7-8-19(17)24-20/h2-8,11-12,24H,9-10,13H2,1H3. The Labute approximate surface area is 167 Å². The fourth-order valence-corrected chi connectivity index (χ4v) is 4.10. The third-order valence-corrected chi connectivity index (χ3v) is 5.57. The molecule has 0 saturated heterocycles. The van der Waals surface area contributed by atoms with Crippen molar-refractivity contribution in [3.8, 4) is 5.69 Å². The SMILES string of the molecule is Cc1cc(C(=O)N2CCc3[nH]c4ccc(Cl)cc4c3C2)nn1-c1ccccc1. The van der Waals surface area contributed by atoms with Crippen molar-refractivity contribution in [2.24, 2.45) is 0 Å². The first kappa shape index (κ1) is 17.1. The third-order valence-electron chi connectivity index (χ3n) is 5.33. The van der Waals surface area contributed by atoms with Gasteiger partial charge in [0.2, 0.25) is 0 Å². The number of benzene rings is 2.